The fourth-order valence-corrected chi connectivity index (χ4v) is 4.50. The van der Waals surface area contributed by atoms with Crippen LogP contribution in [0.3, 0.4) is 0 Å². The summed E-state index contributed by atoms with van der Waals surface area (Å²) in [5.74, 6) is 1.80. The van der Waals surface area contributed by atoms with E-state index in [0.29, 0.717) is 19.1 Å². The van der Waals surface area contributed by atoms with Crippen molar-refractivity contribution in [1.29, 1.82) is 0 Å². The third-order valence-electron chi connectivity index (χ3n) is 6.15. The highest BCUT2D eigenvalue weighted by molar-refractivity contribution is 5.82. The van der Waals surface area contributed by atoms with E-state index < -0.39 is 0 Å². The number of methoxy groups -OCH3 is 1. The van der Waals surface area contributed by atoms with Gasteiger partial charge in [-0.05, 0) is 44.2 Å². The van der Waals surface area contributed by atoms with Gasteiger partial charge in [-0.1, -0.05) is 49.6 Å². The number of aromatic nitrogens is 2. The van der Waals surface area contributed by atoms with Crippen LogP contribution in [0.2, 0.25) is 0 Å². The Morgan fingerprint density at radius 3 is 2.61 bits per heavy atom. The lowest BCUT2D eigenvalue weighted by Gasteiger charge is -2.25. The van der Waals surface area contributed by atoms with E-state index in [1.165, 1.54) is 39.2 Å². The molecule has 2 aromatic carbocycles. The minimum Gasteiger partial charge on any atom is -0.494 e. The van der Waals surface area contributed by atoms with E-state index in [2.05, 4.69) is 45.7 Å². The molecule has 31 heavy (non-hydrogen) atoms. The molecular formula is C26H32N2O3. The molecule has 0 N–H and O–H groups in total. The summed E-state index contributed by atoms with van der Waals surface area (Å²) in [5, 5.41) is 0. The van der Waals surface area contributed by atoms with Crippen LogP contribution in [0, 0.1) is 0 Å². The zero-order valence-electron chi connectivity index (χ0n) is 18.4. The molecule has 0 aliphatic heterocycles. The number of hydrogen-bond acceptors (Lipinski definition) is 4. The number of imidazole rings is 1. The summed E-state index contributed by atoms with van der Waals surface area (Å²) in [4.78, 5) is 16.2. The van der Waals surface area contributed by atoms with Crippen molar-refractivity contribution in [2.45, 2.75) is 63.8 Å². The first-order valence-corrected chi connectivity index (χ1v) is 11.5. The van der Waals surface area contributed by atoms with Crippen molar-refractivity contribution >= 4 is 17.0 Å². The molecule has 1 heterocycles. The molecule has 1 aromatic heterocycles. The minimum atomic E-state index is -0.142. The molecule has 0 atom stereocenters. The molecule has 4 rings (SSSR count). The zero-order valence-corrected chi connectivity index (χ0v) is 18.4. The van der Waals surface area contributed by atoms with Gasteiger partial charge in [0, 0.05) is 24.1 Å². The number of benzene rings is 2. The van der Waals surface area contributed by atoms with Gasteiger partial charge < -0.3 is 14.0 Å². The van der Waals surface area contributed by atoms with Gasteiger partial charge in [0.05, 0.1) is 24.8 Å². The number of unbranched alkanes of at least 4 members (excludes halogenated alkanes) is 2. The predicted molar refractivity (Wildman–Crippen MR) is 123 cm³/mol. The van der Waals surface area contributed by atoms with Gasteiger partial charge in [-0.3, -0.25) is 4.79 Å². The number of hydrogen-bond donors (Lipinski definition) is 0. The molecule has 5 nitrogen and oxygen atoms in total. The van der Waals surface area contributed by atoms with Gasteiger partial charge in [-0.25, -0.2) is 4.98 Å². The number of esters is 1. The quantitative estimate of drug-likeness (QED) is 0.300. The topological polar surface area (TPSA) is 53.4 Å². The number of ether oxygens (including phenoxy) is 2. The van der Waals surface area contributed by atoms with Gasteiger partial charge in [0.2, 0.25) is 0 Å². The van der Waals surface area contributed by atoms with Crippen LogP contribution in [-0.4, -0.2) is 29.2 Å². The molecule has 1 fully saturated rings. The summed E-state index contributed by atoms with van der Waals surface area (Å²) in [5.41, 5.74) is 3.35. The molecule has 0 unspecified atom stereocenters. The zero-order chi connectivity index (χ0) is 21.5. The summed E-state index contributed by atoms with van der Waals surface area (Å²) >= 11 is 0. The van der Waals surface area contributed by atoms with E-state index in [-0.39, 0.29) is 5.97 Å². The maximum atomic E-state index is 11.2. The Kier molecular flexibility index (Phi) is 7.23. The number of fused-ring (bicyclic) bond motifs is 1. The summed E-state index contributed by atoms with van der Waals surface area (Å²) in [7, 11) is 1.43. The number of carbonyl (C=O) groups is 1. The summed E-state index contributed by atoms with van der Waals surface area (Å²) in [6.45, 7) is 0.649. The van der Waals surface area contributed by atoms with Crippen molar-refractivity contribution in [2.75, 3.05) is 13.7 Å². The Hall–Kier alpha value is -2.82. The molecule has 0 amide bonds. The monoisotopic (exact) mass is 420 g/mol. The fraction of sp³-hybridized carbons (Fsp3) is 0.462. The van der Waals surface area contributed by atoms with E-state index in [1.807, 2.05) is 12.1 Å². The molecule has 0 bridgehead atoms. The molecular weight excluding hydrogens is 388 g/mol. The van der Waals surface area contributed by atoms with E-state index >= 15 is 0 Å². The van der Waals surface area contributed by atoms with Crippen molar-refractivity contribution in [1.82, 2.24) is 9.55 Å². The van der Waals surface area contributed by atoms with Crippen LogP contribution in [0.5, 0.6) is 5.75 Å². The molecule has 1 aliphatic carbocycles. The first-order chi connectivity index (χ1) is 15.3. The standard InChI is InChI=1S/C26H32N2O3/c1-30-25(29)15-9-4-10-18-31-22-16-17-23-24(19-22)28(21-13-7-3-8-14-21)26(27-23)20-11-5-2-6-12-20/h2,5-6,11-12,16-17,19,21H,3-4,7-10,13-15,18H2,1H3. The van der Waals surface area contributed by atoms with Crippen LogP contribution in [0.1, 0.15) is 63.8 Å². The van der Waals surface area contributed by atoms with Crippen molar-refractivity contribution < 1.29 is 14.3 Å². The first kappa shape index (κ1) is 21.4. The van der Waals surface area contributed by atoms with E-state index in [9.17, 15) is 4.79 Å². The fourth-order valence-electron chi connectivity index (χ4n) is 4.50. The molecule has 0 spiro atoms. The minimum absolute atomic E-state index is 0.142. The van der Waals surface area contributed by atoms with Gasteiger partial charge in [-0.15, -0.1) is 0 Å². The first-order valence-electron chi connectivity index (χ1n) is 11.5. The van der Waals surface area contributed by atoms with Crippen LogP contribution in [0.4, 0.5) is 0 Å². The number of rotatable bonds is 9. The largest absolute Gasteiger partial charge is 0.494 e. The lowest BCUT2D eigenvalue weighted by Crippen LogP contribution is -2.14. The lowest BCUT2D eigenvalue weighted by atomic mass is 9.95. The Labute approximate surface area is 184 Å². The molecule has 164 valence electrons. The molecule has 5 heteroatoms. The predicted octanol–water partition coefficient (Wildman–Crippen LogP) is 6.32. The van der Waals surface area contributed by atoms with E-state index in [4.69, 9.17) is 9.72 Å². The van der Waals surface area contributed by atoms with Crippen molar-refractivity contribution in [3.8, 4) is 17.1 Å². The van der Waals surface area contributed by atoms with E-state index in [1.54, 1.807) is 0 Å². The van der Waals surface area contributed by atoms with Crippen molar-refractivity contribution in [3.05, 3.63) is 48.5 Å². The number of nitrogens with zero attached hydrogens (tertiary/aromatic N) is 2. The highest BCUT2D eigenvalue weighted by Crippen LogP contribution is 2.36. The smallest absolute Gasteiger partial charge is 0.305 e. The second-order valence-corrected chi connectivity index (χ2v) is 8.35. The maximum Gasteiger partial charge on any atom is 0.305 e. The summed E-state index contributed by atoms with van der Waals surface area (Å²) in [6, 6.07) is 17.2. The highest BCUT2D eigenvalue weighted by atomic mass is 16.5. The Bertz CT molecular complexity index is 991. The van der Waals surface area contributed by atoms with Crippen LogP contribution < -0.4 is 4.74 Å². The normalized spacial score (nSPS) is 14.6. The Balaban J connectivity index is 1.51. The van der Waals surface area contributed by atoms with Crippen LogP contribution in [-0.2, 0) is 9.53 Å². The van der Waals surface area contributed by atoms with Crippen LogP contribution >= 0.6 is 0 Å². The molecule has 1 aliphatic rings. The third kappa shape index (κ3) is 5.27. The lowest BCUT2D eigenvalue weighted by molar-refractivity contribution is -0.140. The highest BCUT2D eigenvalue weighted by Gasteiger charge is 2.22. The van der Waals surface area contributed by atoms with Gasteiger partial charge in [0.1, 0.15) is 11.6 Å². The van der Waals surface area contributed by atoms with Crippen LogP contribution in [0.25, 0.3) is 22.4 Å². The van der Waals surface area contributed by atoms with Crippen LogP contribution in [0.15, 0.2) is 48.5 Å². The average molecular weight is 421 g/mol. The van der Waals surface area contributed by atoms with Gasteiger partial charge in [0.15, 0.2) is 0 Å². The average Bonchev–Trinajstić information content (AvgIpc) is 3.21. The Morgan fingerprint density at radius 1 is 1.03 bits per heavy atom. The maximum absolute atomic E-state index is 11.2. The van der Waals surface area contributed by atoms with Gasteiger partial charge in [0.25, 0.3) is 0 Å². The molecule has 0 radical (unpaired) electrons. The second-order valence-electron chi connectivity index (χ2n) is 8.35. The summed E-state index contributed by atoms with van der Waals surface area (Å²) < 4.78 is 13.2. The number of carbonyl (C=O) groups excluding carboxylic acids is 1. The van der Waals surface area contributed by atoms with E-state index in [0.717, 1.165) is 47.4 Å². The van der Waals surface area contributed by atoms with Gasteiger partial charge >= 0.3 is 5.97 Å². The molecule has 0 saturated heterocycles. The van der Waals surface area contributed by atoms with Crippen molar-refractivity contribution in [2.24, 2.45) is 0 Å². The van der Waals surface area contributed by atoms with Gasteiger partial charge in [-0.2, -0.15) is 0 Å². The Morgan fingerprint density at radius 2 is 1.84 bits per heavy atom. The second kappa shape index (κ2) is 10.5. The van der Waals surface area contributed by atoms with Crippen molar-refractivity contribution in [3.63, 3.8) is 0 Å². The summed E-state index contributed by atoms with van der Waals surface area (Å²) in [6.07, 6.45) is 9.49. The molecule has 3 aromatic rings. The molecule has 1 saturated carbocycles. The SMILES string of the molecule is COC(=O)CCCCCOc1ccc2nc(-c3ccccc3)n(C3CCCCC3)c2c1. The third-order valence-corrected chi connectivity index (χ3v) is 6.15.